The molecule has 0 aromatic carbocycles. The van der Waals surface area contributed by atoms with Crippen molar-refractivity contribution in [1.82, 2.24) is 9.88 Å². The molecule has 0 aliphatic carbocycles. The van der Waals surface area contributed by atoms with Gasteiger partial charge in [-0.25, -0.2) is 0 Å². The Balaban J connectivity index is 2.50. The summed E-state index contributed by atoms with van der Waals surface area (Å²) in [6, 6.07) is 4.18. The number of rotatable bonds is 5. The Kier molecular flexibility index (Phi) is 4.56. The fourth-order valence-corrected chi connectivity index (χ4v) is 1.51. The van der Waals surface area contributed by atoms with Crippen LogP contribution < -0.4 is 5.32 Å². The molecule has 3 nitrogen and oxygen atoms in total. The van der Waals surface area contributed by atoms with Crippen molar-refractivity contribution in [2.45, 2.75) is 58.8 Å². The Bertz CT molecular complexity index is 310. The average molecular weight is 224 g/mol. The molecule has 0 spiro atoms. The minimum Gasteiger partial charge on any atom is -0.393 e. The van der Waals surface area contributed by atoms with Crippen molar-refractivity contribution in [1.29, 1.82) is 0 Å². The van der Waals surface area contributed by atoms with Gasteiger partial charge in [0.25, 0.3) is 0 Å². The molecule has 1 heterocycles. The van der Waals surface area contributed by atoms with Crippen molar-refractivity contribution in [3.63, 3.8) is 0 Å². The minimum atomic E-state index is -0.231. The zero-order chi connectivity index (χ0) is 12.2. The Hall–Kier alpha value is -0.800. The molecule has 1 aromatic heterocycles. The summed E-state index contributed by atoms with van der Waals surface area (Å²) in [6.45, 7) is 10.1. The number of nitrogens with one attached hydrogen (secondary N) is 1. The van der Waals surface area contributed by atoms with Crippen LogP contribution in [0.4, 0.5) is 0 Å². The highest BCUT2D eigenvalue weighted by Crippen LogP contribution is 2.07. The maximum absolute atomic E-state index is 9.27. The van der Waals surface area contributed by atoms with E-state index >= 15 is 0 Å². The lowest BCUT2D eigenvalue weighted by atomic mass is 10.1. The first-order valence-electron chi connectivity index (χ1n) is 5.95. The molecular weight excluding hydrogens is 200 g/mol. The van der Waals surface area contributed by atoms with E-state index in [9.17, 15) is 5.11 Å². The fraction of sp³-hybridized carbons (Fsp3) is 0.692. The Morgan fingerprint density at radius 3 is 2.69 bits per heavy atom. The molecule has 0 saturated carbocycles. The first-order valence-corrected chi connectivity index (χ1v) is 5.95. The zero-order valence-electron chi connectivity index (χ0n) is 10.8. The summed E-state index contributed by atoms with van der Waals surface area (Å²) in [5.74, 6) is 0. The SMILES string of the molecule is CC(O)CCn1cccc1CNC(C)(C)C. The molecule has 1 atom stereocenters. The molecule has 16 heavy (non-hydrogen) atoms. The molecule has 0 aliphatic rings. The van der Waals surface area contributed by atoms with Crippen LogP contribution in [0.25, 0.3) is 0 Å². The van der Waals surface area contributed by atoms with E-state index in [0.717, 1.165) is 19.5 Å². The van der Waals surface area contributed by atoms with Gasteiger partial charge in [-0.3, -0.25) is 0 Å². The van der Waals surface area contributed by atoms with Crippen molar-refractivity contribution >= 4 is 0 Å². The molecular formula is C13H24N2O. The average Bonchev–Trinajstić information content (AvgIpc) is 2.57. The maximum Gasteiger partial charge on any atom is 0.0529 e. The minimum absolute atomic E-state index is 0.138. The van der Waals surface area contributed by atoms with Gasteiger partial charge in [0.05, 0.1) is 6.10 Å². The number of aliphatic hydroxyl groups is 1. The van der Waals surface area contributed by atoms with Gasteiger partial charge in [-0.1, -0.05) is 0 Å². The van der Waals surface area contributed by atoms with Gasteiger partial charge in [0.15, 0.2) is 0 Å². The summed E-state index contributed by atoms with van der Waals surface area (Å²) in [5.41, 5.74) is 1.41. The third-order valence-electron chi connectivity index (χ3n) is 2.51. The summed E-state index contributed by atoms with van der Waals surface area (Å²) in [5, 5.41) is 12.7. The summed E-state index contributed by atoms with van der Waals surface area (Å²) in [4.78, 5) is 0. The zero-order valence-corrected chi connectivity index (χ0v) is 10.8. The van der Waals surface area contributed by atoms with E-state index in [2.05, 4.69) is 49.0 Å². The topological polar surface area (TPSA) is 37.2 Å². The number of aryl methyl sites for hydroxylation is 1. The van der Waals surface area contributed by atoms with E-state index < -0.39 is 0 Å². The summed E-state index contributed by atoms with van der Waals surface area (Å²) >= 11 is 0. The van der Waals surface area contributed by atoms with Crippen molar-refractivity contribution in [2.24, 2.45) is 0 Å². The van der Waals surface area contributed by atoms with Crippen molar-refractivity contribution in [2.75, 3.05) is 0 Å². The van der Waals surface area contributed by atoms with Crippen LogP contribution in [0.2, 0.25) is 0 Å². The van der Waals surface area contributed by atoms with E-state index in [1.165, 1.54) is 5.69 Å². The highest BCUT2D eigenvalue weighted by atomic mass is 16.3. The van der Waals surface area contributed by atoms with Crippen molar-refractivity contribution in [3.05, 3.63) is 24.0 Å². The molecule has 0 radical (unpaired) electrons. The molecule has 0 saturated heterocycles. The summed E-state index contributed by atoms with van der Waals surface area (Å²) in [6.07, 6.45) is 2.64. The predicted octanol–water partition coefficient (Wildman–Crippen LogP) is 2.15. The first-order chi connectivity index (χ1) is 7.38. The van der Waals surface area contributed by atoms with Crippen LogP contribution in [0.15, 0.2) is 18.3 Å². The van der Waals surface area contributed by atoms with Crippen LogP contribution in [0.5, 0.6) is 0 Å². The molecule has 2 N–H and O–H groups in total. The van der Waals surface area contributed by atoms with E-state index in [1.807, 2.05) is 6.92 Å². The van der Waals surface area contributed by atoms with Gasteiger partial charge in [-0.2, -0.15) is 0 Å². The highest BCUT2D eigenvalue weighted by molar-refractivity contribution is 5.07. The molecule has 92 valence electrons. The molecule has 0 fully saturated rings. The second-order valence-corrected chi connectivity index (χ2v) is 5.43. The standard InChI is InChI=1S/C13H24N2O/c1-11(16)7-9-15-8-5-6-12(15)10-14-13(2,3)4/h5-6,8,11,14,16H,7,9-10H2,1-4H3. The van der Waals surface area contributed by atoms with Crippen LogP contribution >= 0.6 is 0 Å². The molecule has 0 amide bonds. The Morgan fingerprint density at radius 1 is 1.44 bits per heavy atom. The van der Waals surface area contributed by atoms with Gasteiger partial charge in [0.1, 0.15) is 0 Å². The molecule has 1 rings (SSSR count). The lowest BCUT2D eigenvalue weighted by molar-refractivity contribution is 0.177. The summed E-state index contributed by atoms with van der Waals surface area (Å²) < 4.78 is 2.20. The van der Waals surface area contributed by atoms with Crippen LogP contribution in [0, 0.1) is 0 Å². The normalized spacial score (nSPS) is 14.1. The van der Waals surface area contributed by atoms with E-state index in [1.54, 1.807) is 0 Å². The number of aliphatic hydroxyl groups excluding tert-OH is 1. The van der Waals surface area contributed by atoms with Gasteiger partial charge >= 0.3 is 0 Å². The van der Waals surface area contributed by atoms with Crippen LogP contribution in [-0.2, 0) is 13.1 Å². The third kappa shape index (κ3) is 4.81. The van der Waals surface area contributed by atoms with Crippen LogP contribution in [0.3, 0.4) is 0 Å². The molecule has 1 unspecified atom stereocenters. The predicted molar refractivity (Wildman–Crippen MR) is 67.3 cm³/mol. The highest BCUT2D eigenvalue weighted by Gasteiger charge is 2.10. The Morgan fingerprint density at radius 2 is 2.12 bits per heavy atom. The smallest absolute Gasteiger partial charge is 0.0529 e. The van der Waals surface area contributed by atoms with Gasteiger partial charge in [0, 0.05) is 30.5 Å². The number of hydrogen-bond donors (Lipinski definition) is 2. The molecule has 3 heteroatoms. The quantitative estimate of drug-likeness (QED) is 0.804. The van der Waals surface area contributed by atoms with Crippen LogP contribution in [-0.4, -0.2) is 21.3 Å². The fourth-order valence-electron chi connectivity index (χ4n) is 1.51. The first kappa shape index (κ1) is 13.3. The van der Waals surface area contributed by atoms with E-state index in [-0.39, 0.29) is 11.6 Å². The second kappa shape index (κ2) is 5.51. The van der Waals surface area contributed by atoms with Crippen molar-refractivity contribution in [3.8, 4) is 0 Å². The lowest BCUT2D eigenvalue weighted by Crippen LogP contribution is -2.35. The third-order valence-corrected chi connectivity index (χ3v) is 2.51. The van der Waals surface area contributed by atoms with Gasteiger partial charge in [-0.05, 0) is 46.2 Å². The Labute approximate surface area is 98.5 Å². The van der Waals surface area contributed by atoms with Gasteiger partial charge < -0.3 is 15.0 Å². The lowest BCUT2D eigenvalue weighted by Gasteiger charge is -2.21. The number of hydrogen-bond acceptors (Lipinski definition) is 2. The second-order valence-electron chi connectivity index (χ2n) is 5.43. The van der Waals surface area contributed by atoms with E-state index in [4.69, 9.17) is 0 Å². The van der Waals surface area contributed by atoms with Gasteiger partial charge in [0.2, 0.25) is 0 Å². The van der Waals surface area contributed by atoms with Crippen LogP contribution in [0.1, 0.15) is 39.8 Å². The summed E-state index contributed by atoms with van der Waals surface area (Å²) in [7, 11) is 0. The van der Waals surface area contributed by atoms with Gasteiger partial charge in [-0.15, -0.1) is 0 Å². The maximum atomic E-state index is 9.27. The monoisotopic (exact) mass is 224 g/mol. The number of nitrogens with zero attached hydrogens (tertiary/aromatic N) is 1. The largest absolute Gasteiger partial charge is 0.393 e. The number of aromatic nitrogens is 1. The van der Waals surface area contributed by atoms with Crippen molar-refractivity contribution < 1.29 is 5.11 Å². The molecule has 0 bridgehead atoms. The molecule has 1 aromatic rings. The van der Waals surface area contributed by atoms with E-state index in [0.29, 0.717) is 0 Å². The molecule has 0 aliphatic heterocycles.